The van der Waals surface area contributed by atoms with E-state index >= 15 is 0 Å². The van der Waals surface area contributed by atoms with Crippen molar-refractivity contribution in [2.75, 3.05) is 18.4 Å². The first-order valence-corrected chi connectivity index (χ1v) is 10.2. The third-order valence-electron chi connectivity index (χ3n) is 4.63. The van der Waals surface area contributed by atoms with E-state index in [1.807, 2.05) is 32.9 Å². The Bertz CT molecular complexity index is 902. The van der Waals surface area contributed by atoms with Gasteiger partial charge in [0.25, 0.3) is 15.9 Å². The van der Waals surface area contributed by atoms with Crippen molar-refractivity contribution in [2.24, 2.45) is 0 Å². The lowest BCUT2D eigenvalue weighted by molar-refractivity contribution is 0.0991. The van der Waals surface area contributed by atoms with E-state index in [1.54, 1.807) is 0 Å². The molecule has 1 amide bonds. The predicted octanol–water partition coefficient (Wildman–Crippen LogP) is 3.63. The summed E-state index contributed by atoms with van der Waals surface area (Å²) in [4.78, 5) is 12.5. The number of rotatable bonds is 4. The maximum Gasteiger partial charge on any atom is 0.291 e. The van der Waals surface area contributed by atoms with Gasteiger partial charge in [-0.15, -0.1) is 0 Å². The van der Waals surface area contributed by atoms with E-state index in [4.69, 9.17) is 4.42 Å². The fourth-order valence-corrected chi connectivity index (χ4v) is 4.79. The molecule has 0 aliphatic carbocycles. The maximum atomic E-state index is 12.6. The van der Waals surface area contributed by atoms with Gasteiger partial charge in [0, 0.05) is 18.8 Å². The minimum atomic E-state index is -3.68. The van der Waals surface area contributed by atoms with Gasteiger partial charge < -0.3 is 9.73 Å². The van der Waals surface area contributed by atoms with Gasteiger partial charge in [0.1, 0.15) is 0 Å². The summed E-state index contributed by atoms with van der Waals surface area (Å²) < 4.78 is 32.1. The van der Waals surface area contributed by atoms with Crippen LogP contribution in [0, 0.1) is 20.8 Å². The Morgan fingerprint density at radius 2 is 1.65 bits per heavy atom. The molecule has 140 valence electrons. The molecule has 0 radical (unpaired) electrons. The first-order valence-electron chi connectivity index (χ1n) is 8.78. The minimum absolute atomic E-state index is 0.0139. The molecule has 3 rings (SSSR count). The van der Waals surface area contributed by atoms with Crippen LogP contribution in [-0.4, -0.2) is 31.7 Å². The van der Waals surface area contributed by atoms with Crippen molar-refractivity contribution in [2.45, 2.75) is 45.1 Å². The highest BCUT2D eigenvalue weighted by atomic mass is 32.2. The summed E-state index contributed by atoms with van der Waals surface area (Å²) in [5.74, 6) is -0.472. The second-order valence-electron chi connectivity index (χ2n) is 6.81. The van der Waals surface area contributed by atoms with E-state index in [2.05, 4.69) is 5.32 Å². The second-order valence-corrected chi connectivity index (χ2v) is 8.68. The molecule has 2 heterocycles. The Balaban J connectivity index is 1.80. The normalized spacial score (nSPS) is 15.8. The van der Waals surface area contributed by atoms with Crippen LogP contribution in [0.2, 0.25) is 0 Å². The third-order valence-corrected chi connectivity index (χ3v) is 6.40. The fourth-order valence-electron chi connectivity index (χ4n) is 3.37. The van der Waals surface area contributed by atoms with E-state index in [0.29, 0.717) is 13.1 Å². The van der Waals surface area contributed by atoms with Crippen LogP contribution in [-0.2, 0) is 10.0 Å². The standard InChI is InChI=1S/C19H24N2O4S/c1-13-11-14(2)18(15(3)12-13)20-19(22)16-7-8-17(25-16)26(23,24)21-9-5-4-6-10-21/h7-8,11-12H,4-6,9-10H2,1-3H3,(H,20,22). The number of hydrogen-bond donors (Lipinski definition) is 1. The molecule has 1 aromatic carbocycles. The molecule has 1 aromatic heterocycles. The molecule has 2 aromatic rings. The number of amides is 1. The van der Waals surface area contributed by atoms with Crippen molar-refractivity contribution in [1.82, 2.24) is 4.31 Å². The first-order chi connectivity index (χ1) is 12.3. The second kappa shape index (κ2) is 7.25. The van der Waals surface area contributed by atoms with Gasteiger partial charge in [-0.2, -0.15) is 4.31 Å². The van der Waals surface area contributed by atoms with E-state index < -0.39 is 15.9 Å². The van der Waals surface area contributed by atoms with Gasteiger partial charge in [-0.25, -0.2) is 8.42 Å². The number of nitrogens with zero attached hydrogens (tertiary/aromatic N) is 1. The molecule has 1 aliphatic heterocycles. The van der Waals surface area contributed by atoms with Crippen LogP contribution in [0.25, 0.3) is 0 Å². The summed E-state index contributed by atoms with van der Waals surface area (Å²) in [6.45, 7) is 6.82. The number of benzene rings is 1. The molecule has 1 fully saturated rings. The van der Waals surface area contributed by atoms with Gasteiger partial charge in [0.2, 0.25) is 5.09 Å². The number of carbonyl (C=O) groups excluding carboxylic acids is 1. The zero-order chi connectivity index (χ0) is 18.9. The summed E-state index contributed by atoms with van der Waals surface area (Å²) >= 11 is 0. The van der Waals surface area contributed by atoms with Gasteiger partial charge in [-0.1, -0.05) is 24.1 Å². The van der Waals surface area contributed by atoms with Crippen molar-refractivity contribution >= 4 is 21.6 Å². The molecule has 1 saturated heterocycles. The largest absolute Gasteiger partial charge is 0.438 e. The number of nitrogens with one attached hydrogen (secondary N) is 1. The van der Waals surface area contributed by atoms with E-state index in [0.717, 1.165) is 41.6 Å². The highest BCUT2D eigenvalue weighted by Gasteiger charge is 2.29. The van der Waals surface area contributed by atoms with Gasteiger partial charge in [-0.05, 0) is 56.9 Å². The van der Waals surface area contributed by atoms with Crippen LogP contribution in [0.15, 0.2) is 33.8 Å². The Kier molecular flexibility index (Phi) is 5.20. The topological polar surface area (TPSA) is 79.6 Å². The zero-order valence-electron chi connectivity index (χ0n) is 15.3. The maximum absolute atomic E-state index is 12.6. The zero-order valence-corrected chi connectivity index (χ0v) is 16.1. The minimum Gasteiger partial charge on any atom is -0.438 e. The molecular formula is C19H24N2O4S. The SMILES string of the molecule is Cc1cc(C)c(NC(=O)c2ccc(S(=O)(=O)N3CCCCC3)o2)c(C)c1. The van der Waals surface area contributed by atoms with Crippen molar-refractivity contribution in [3.63, 3.8) is 0 Å². The molecule has 0 bridgehead atoms. The Labute approximate surface area is 154 Å². The average molecular weight is 376 g/mol. The van der Waals surface area contributed by atoms with Crippen molar-refractivity contribution in [1.29, 1.82) is 0 Å². The third kappa shape index (κ3) is 3.68. The van der Waals surface area contributed by atoms with Crippen LogP contribution >= 0.6 is 0 Å². The van der Waals surface area contributed by atoms with E-state index in [-0.39, 0.29) is 10.9 Å². The number of anilines is 1. The Hall–Kier alpha value is -2.12. The van der Waals surface area contributed by atoms with Gasteiger partial charge in [0.15, 0.2) is 5.76 Å². The number of hydrogen-bond acceptors (Lipinski definition) is 4. The molecule has 0 spiro atoms. The smallest absolute Gasteiger partial charge is 0.291 e. The number of aryl methyl sites for hydroxylation is 3. The van der Waals surface area contributed by atoms with E-state index in [1.165, 1.54) is 16.4 Å². The van der Waals surface area contributed by atoms with E-state index in [9.17, 15) is 13.2 Å². The first kappa shape index (κ1) is 18.7. The number of piperidine rings is 1. The van der Waals surface area contributed by atoms with Crippen LogP contribution in [0.3, 0.4) is 0 Å². The van der Waals surface area contributed by atoms with Gasteiger partial charge in [0.05, 0.1) is 0 Å². The summed E-state index contributed by atoms with van der Waals surface area (Å²) in [5.41, 5.74) is 3.73. The van der Waals surface area contributed by atoms with Crippen LogP contribution < -0.4 is 5.32 Å². The molecule has 0 saturated carbocycles. The molecule has 6 nitrogen and oxygen atoms in total. The highest BCUT2D eigenvalue weighted by molar-refractivity contribution is 7.89. The molecule has 7 heteroatoms. The lowest BCUT2D eigenvalue weighted by Gasteiger charge is -2.24. The monoisotopic (exact) mass is 376 g/mol. The van der Waals surface area contributed by atoms with Gasteiger partial charge in [-0.3, -0.25) is 4.79 Å². The Morgan fingerprint density at radius 3 is 2.27 bits per heavy atom. The van der Waals surface area contributed by atoms with Crippen LogP contribution in [0.5, 0.6) is 0 Å². The summed E-state index contributed by atoms with van der Waals surface area (Å²) in [5, 5.41) is 2.65. The van der Waals surface area contributed by atoms with Crippen molar-refractivity contribution in [3.8, 4) is 0 Å². The summed E-state index contributed by atoms with van der Waals surface area (Å²) in [6.07, 6.45) is 2.73. The fraction of sp³-hybridized carbons (Fsp3) is 0.421. The van der Waals surface area contributed by atoms with Crippen molar-refractivity contribution < 1.29 is 17.6 Å². The molecule has 0 atom stereocenters. The lowest BCUT2D eigenvalue weighted by atomic mass is 10.1. The number of furan rings is 1. The highest BCUT2D eigenvalue weighted by Crippen LogP contribution is 2.25. The number of sulfonamides is 1. The molecular weight excluding hydrogens is 352 g/mol. The van der Waals surface area contributed by atoms with Crippen LogP contribution in [0.1, 0.15) is 46.5 Å². The quantitative estimate of drug-likeness (QED) is 0.884. The average Bonchev–Trinajstić information content (AvgIpc) is 3.09. The lowest BCUT2D eigenvalue weighted by Crippen LogP contribution is -2.35. The summed E-state index contributed by atoms with van der Waals surface area (Å²) in [7, 11) is -3.68. The molecule has 1 aliphatic rings. The molecule has 1 N–H and O–H groups in total. The van der Waals surface area contributed by atoms with Gasteiger partial charge >= 0.3 is 0 Å². The Morgan fingerprint density at radius 1 is 1.04 bits per heavy atom. The molecule has 0 unspecified atom stereocenters. The molecule has 26 heavy (non-hydrogen) atoms. The number of carbonyl (C=O) groups is 1. The predicted molar refractivity (Wildman–Crippen MR) is 99.9 cm³/mol. The van der Waals surface area contributed by atoms with Crippen molar-refractivity contribution in [3.05, 3.63) is 46.7 Å². The van der Waals surface area contributed by atoms with Crippen LogP contribution in [0.4, 0.5) is 5.69 Å². The summed E-state index contributed by atoms with van der Waals surface area (Å²) in [6, 6.07) is 6.73.